The van der Waals surface area contributed by atoms with Gasteiger partial charge in [0.25, 0.3) is 0 Å². The molecule has 0 unspecified atom stereocenters. The van der Waals surface area contributed by atoms with Gasteiger partial charge in [-0.05, 0) is 30.4 Å². The molecule has 1 aromatic rings. The van der Waals surface area contributed by atoms with Gasteiger partial charge in [0.05, 0.1) is 0 Å². The molecule has 0 saturated heterocycles. The summed E-state index contributed by atoms with van der Waals surface area (Å²) in [6.45, 7) is 0. The highest BCUT2D eigenvalue weighted by Crippen LogP contribution is 2.24. The summed E-state index contributed by atoms with van der Waals surface area (Å²) in [5, 5.41) is 10.7. The lowest BCUT2D eigenvalue weighted by atomic mass is 9.84. The number of aliphatic carboxylic acids is 1. The second-order valence-corrected chi connectivity index (χ2v) is 3.53. The molecule has 1 aliphatic carbocycles. The molecule has 0 bridgehead atoms. The third kappa shape index (κ3) is 1.57. The van der Waals surface area contributed by atoms with Crippen molar-refractivity contribution in [3.63, 3.8) is 0 Å². The summed E-state index contributed by atoms with van der Waals surface area (Å²) in [6, 6.07) is 8.03. The zero-order valence-corrected chi connectivity index (χ0v) is 7.32. The predicted molar refractivity (Wildman–Crippen MR) is 47.0 cm³/mol. The van der Waals surface area contributed by atoms with Gasteiger partial charge in [-0.25, -0.2) is 0 Å². The van der Waals surface area contributed by atoms with Crippen molar-refractivity contribution >= 4 is 5.97 Å². The Balaban J connectivity index is 2.24. The maximum atomic E-state index is 10.7. The Morgan fingerprint density at radius 1 is 1.31 bits per heavy atom. The van der Waals surface area contributed by atoms with Crippen LogP contribution in [0.4, 0.5) is 0 Å². The third-order valence-corrected chi connectivity index (χ3v) is 2.68. The Kier molecular flexibility index (Phi) is 2.05. The molecule has 2 nitrogen and oxygen atoms in total. The van der Waals surface area contributed by atoms with Gasteiger partial charge in [0, 0.05) is 11.9 Å². The summed E-state index contributed by atoms with van der Waals surface area (Å²) in [5.74, 6) is -1.19. The average molecular weight is 175 g/mol. The summed E-state index contributed by atoms with van der Waals surface area (Å²) in [4.78, 5) is 10.7. The zero-order chi connectivity index (χ0) is 9.26. The number of fused-ring (bicyclic) bond motifs is 1. The van der Waals surface area contributed by atoms with Gasteiger partial charge in [0.1, 0.15) is 0 Å². The molecular formula is C11H11O2-. The number of carbonyl (C=O) groups is 1. The van der Waals surface area contributed by atoms with E-state index in [2.05, 4.69) is 6.07 Å². The molecular weight excluding hydrogens is 164 g/mol. The van der Waals surface area contributed by atoms with Crippen LogP contribution in [-0.4, -0.2) is 5.97 Å². The molecule has 13 heavy (non-hydrogen) atoms. The highest BCUT2D eigenvalue weighted by Gasteiger charge is 2.18. The van der Waals surface area contributed by atoms with E-state index in [0.29, 0.717) is 6.42 Å². The monoisotopic (exact) mass is 175 g/mol. The number of aryl methyl sites for hydroxylation is 1. The van der Waals surface area contributed by atoms with Crippen molar-refractivity contribution in [3.05, 3.63) is 35.4 Å². The van der Waals surface area contributed by atoms with Crippen LogP contribution in [0, 0.1) is 5.92 Å². The van der Waals surface area contributed by atoms with E-state index in [1.807, 2.05) is 18.2 Å². The van der Waals surface area contributed by atoms with Crippen LogP contribution in [0.2, 0.25) is 0 Å². The number of hydrogen-bond acceptors (Lipinski definition) is 2. The van der Waals surface area contributed by atoms with Gasteiger partial charge in [-0.1, -0.05) is 24.3 Å². The van der Waals surface area contributed by atoms with Gasteiger partial charge in [0.15, 0.2) is 0 Å². The Bertz CT molecular complexity index is 331. The summed E-state index contributed by atoms with van der Waals surface area (Å²) >= 11 is 0. The lowest BCUT2D eigenvalue weighted by molar-refractivity contribution is -0.311. The molecule has 2 heteroatoms. The number of rotatable bonds is 1. The Morgan fingerprint density at radius 3 is 2.69 bits per heavy atom. The van der Waals surface area contributed by atoms with Gasteiger partial charge in [-0.2, -0.15) is 0 Å². The number of benzene rings is 1. The molecule has 68 valence electrons. The van der Waals surface area contributed by atoms with Crippen molar-refractivity contribution < 1.29 is 9.90 Å². The van der Waals surface area contributed by atoms with Gasteiger partial charge in [-0.15, -0.1) is 0 Å². The minimum atomic E-state index is -0.908. The summed E-state index contributed by atoms with van der Waals surface area (Å²) in [7, 11) is 0. The third-order valence-electron chi connectivity index (χ3n) is 2.68. The maximum Gasteiger partial charge on any atom is 0.0448 e. The Hall–Kier alpha value is -1.31. The van der Waals surface area contributed by atoms with Crippen LogP contribution in [0.3, 0.4) is 0 Å². The van der Waals surface area contributed by atoms with Crippen molar-refractivity contribution in [1.29, 1.82) is 0 Å². The van der Waals surface area contributed by atoms with E-state index in [4.69, 9.17) is 0 Å². The molecule has 0 N–H and O–H groups in total. The first-order valence-corrected chi connectivity index (χ1v) is 4.55. The van der Waals surface area contributed by atoms with Crippen LogP contribution >= 0.6 is 0 Å². The number of carboxylic acid groups (broad SMARTS) is 1. The lowest BCUT2D eigenvalue weighted by Crippen LogP contribution is -2.34. The van der Waals surface area contributed by atoms with Gasteiger partial charge >= 0.3 is 0 Å². The van der Waals surface area contributed by atoms with Crippen molar-refractivity contribution in [2.45, 2.75) is 19.3 Å². The van der Waals surface area contributed by atoms with E-state index in [1.54, 1.807) is 0 Å². The summed E-state index contributed by atoms with van der Waals surface area (Å²) < 4.78 is 0. The summed E-state index contributed by atoms with van der Waals surface area (Å²) in [5.41, 5.74) is 2.46. The molecule has 1 aliphatic rings. The topological polar surface area (TPSA) is 40.1 Å². The van der Waals surface area contributed by atoms with Crippen molar-refractivity contribution in [3.8, 4) is 0 Å². The first-order chi connectivity index (χ1) is 6.27. The van der Waals surface area contributed by atoms with Crippen molar-refractivity contribution in [1.82, 2.24) is 0 Å². The van der Waals surface area contributed by atoms with E-state index >= 15 is 0 Å². The fourth-order valence-corrected chi connectivity index (χ4v) is 1.90. The number of carboxylic acids is 1. The minimum absolute atomic E-state index is 0.283. The SMILES string of the molecule is O=C([O-])[C@@H]1CCc2ccccc2C1. The predicted octanol–water partition coefficient (Wildman–Crippen LogP) is 0.541. The fourth-order valence-electron chi connectivity index (χ4n) is 1.90. The lowest BCUT2D eigenvalue weighted by Gasteiger charge is -2.24. The maximum absolute atomic E-state index is 10.7. The largest absolute Gasteiger partial charge is 0.550 e. The molecule has 0 heterocycles. The molecule has 0 radical (unpaired) electrons. The molecule has 1 aromatic carbocycles. The van der Waals surface area contributed by atoms with Crippen LogP contribution in [-0.2, 0) is 17.6 Å². The molecule has 0 saturated carbocycles. The van der Waals surface area contributed by atoms with Crippen LogP contribution in [0.5, 0.6) is 0 Å². The first kappa shape index (κ1) is 8.30. The van der Waals surface area contributed by atoms with Crippen LogP contribution < -0.4 is 5.11 Å². The summed E-state index contributed by atoms with van der Waals surface area (Å²) in [6.07, 6.45) is 2.23. The number of carbonyl (C=O) groups excluding carboxylic acids is 1. The van der Waals surface area contributed by atoms with Gasteiger partial charge < -0.3 is 9.90 Å². The molecule has 0 amide bonds. The van der Waals surface area contributed by atoms with Crippen LogP contribution in [0.25, 0.3) is 0 Å². The normalized spacial score (nSPS) is 20.8. The van der Waals surface area contributed by atoms with Gasteiger partial charge in [-0.3, -0.25) is 0 Å². The molecule has 0 spiro atoms. The Labute approximate surface area is 77.2 Å². The van der Waals surface area contributed by atoms with E-state index in [-0.39, 0.29) is 5.92 Å². The highest BCUT2D eigenvalue weighted by atomic mass is 16.4. The first-order valence-electron chi connectivity index (χ1n) is 4.55. The Morgan fingerprint density at radius 2 is 2.00 bits per heavy atom. The zero-order valence-electron chi connectivity index (χ0n) is 7.32. The second-order valence-electron chi connectivity index (χ2n) is 3.53. The second kappa shape index (κ2) is 3.21. The molecule has 0 aromatic heterocycles. The smallest absolute Gasteiger partial charge is 0.0448 e. The number of hydrogen-bond donors (Lipinski definition) is 0. The van der Waals surface area contributed by atoms with E-state index in [0.717, 1.165) is 12.8 Å². The van der Waals surface area contributed by atoms with Crippen molar-refractivity contribution in [2.75, 3.05) is 0 Å². The molecule has 1 atom stereocenters. The molecule has 2 rings (SSSR count). The van der Waals surface area contributed by atoms with Gasteiger partial charge in [0.2, 0.25) is 0 Å². The van der Waals surface area contributed by atoms with Crippen LogP contribution in [0.15, 0.2) is 24.3 Å². The standard InChI is InChI=1S/C11H12O2/c12-11(13)10-6-5-8-3-1-2-4-9(8)7-10/h1-4,10H,5-7H2,(H,12,13)/p-1/t10-/m1/s1. The minimum Gasteiger partial charge on any atom is -0.550 e. The van der Waals surface area contributed by atoms with Crippen molar-refractivity contribution in [2.24, 2.45) is 5.92 Å². The van der Waals surface area contributed by atoms with E-state index in [1.165, 1.54) is 11.1 Å². The molecule has 0 fully saturated rings. The van der Waals surface area contributed by atoms with Crippen LogP contribution in [0.1, 0.15) is 17.5 Å². The quantitative estimate of drug-likeness (QED) is 0.625. The average Bonchev–Trinajstić information content (AvgIpc) is 2.17. The highest BCUT2D eigenvalue weighted by molar-refractivity contribution is 5.68. The fraction of sp³-hybridized carbons (Fsp3) is 0.364. The molecule has 0 aliphatic heterocycles. The van der Waals surface area contributed by atoms with E-state index in [9.17, 15) is 9.90 Å². The van der Waals surface area contributed by atoms with E-state index < -0.39 is 5.97 Å².